The number of hydrogen-bond donors (Lipinski definition) is 1. The number of aromatic nitrogens is 1. The highest BCUT2D eigenvalue weighted by Gasteiger charge is 2.30. The minimum atomic E-state index is -1.04. The van der Waals surface area contributed by atoms with Crippen LogP contribution in [0.3, 0.4) is 0 Å². The van der Waals surface area contributed by atoms with Gasteiger partial charge in [0.25, 0.3) is 0 Å². The van der Waals surface area contributed by atoms with E-state index in [0.29, 0.717) is 5.69 Å². The Hall–Kier alpha value is -2.17. The van der Waals surface area contributed by atoms with Crippen LogP contribution in [0.1, 0.15) is 29.4 Å². The van der Waals surface area contributed by atoms with E-state index in [4.69, 9.17) is 5.11 Å². The second-order valence-corrected chi connectivity index (χ2v) is 4.63. The molecule has 0 bridgehead atoms. The third kappa shape index (κ3) is 2.01. The fourth-order valence-electron chi connectivity index (χ4n) is 2.27. The van der Waals surface area contributed by atoms with Crippen molar-refractivity contribution in [1.82, 2.24) is 4.57 Å². The Morgan fingerprint density at radius 3 is 2.53 bits per heavy atom. The van der Waals surface area contributed by atoms with Crippen molar-refractivity contribution in [1.29, 1.82) is 0 Å². The maximum absolute atomic E-state index is 13.8. The summed E-state index contributed by atoms with van der Waals surface area (Å²) in [6.07, 6.45) is 1.76. The standard InChI is InChI=1S/C14H11F2NO2/c15-8-1-4-10(11(16)7-8)12-5-6-13(14(18)19)17(12)9-2-3-9/h1,4-7,9H,2-3H2,(H,18,19). The molecule has 1 N–H and O–H groups in total. The summed E-state index contributed by atoms with van der Waals surface area (Å²) in [5, 5.41) is 9.14. The van der Waals surface area contributed by atoms with Crippen LogP contribution in [0.5, 0.6) is 0 Å². The van der Waals surface area contributed by atoms with Crippen molar-refractivity contribution >= 4 is 5.97 Å². The number of rotatable bonds is 3. The number of halogens is 2. The van der Waals surface area contributed by atoms with E-state index in [1.54, 1.807) is 10.6 Å². The van der Waals surface area contributed by atoms with Crippen molar-refractivity contribution in [3.05, 3.63) is 47.7 Å². The maximum Gasteiger partial charge on any atom is 0.352 e. The molecule has 19 heavy (non-hydrogen) atoms. The summed E-state index contributed by atoms with van der Waals surface area (Å²) < 4.78 is 28.4. The predicted molar refractivity (Wildman–Crippen MR) is 65.0 cm³/mol. The van der Waals surface area contributed by atoms with Crippen molar-refractivity contribution in [2.24, 2.45) is 0 Å². The molecule has 3 nitrogen and oxygen atoms in total. The number of carboxylic acids is 1. The van der Waals surface area contributed by atoms with Gasteiger partial charge in [-0.3, -0.25) is 0 Å². The van der Waals surface area contributed by atoms with Crippen molar-refractivity contribution in [3.8, 4) is 11.3 Å². The molecule has 1 aliphatic rings. The molecule has 0 atom stereocenters. The van der Waals surface area contributed by atoms with E-state index in [2.05, 4.69) is 0 Å². The molecule has 0 radical (unpaired) electrons. The number of benzene rings is 1. The average molecular weight is 263 g/mol. The van der Waals surface area contributed by atoms with E-state index in [1.165, 1.54) is 18.2 Å². The molecule has 98 valence electrons. The van der Waals surface area contributed by atoms with Gasteiger partial charge in [-0.05, 0) is 37.1 Å². The lowest BCUT2D eigenvalue weighted by Crippen LogP contribution is -2.08. The van der Waals surface area contributed by atoms with Crippen LogP contribution in [0.25, 0.3) is 11.3 Å². The van der Waals surface area contributed by atoms with Gasteiger partial charge in [0.05, 0.1) is 5.69 Å². The minimum absolute atomic E-state index is 0.0977. The summed E-state index contributed by atoms with van der Waals surface area (Å²) in [6, 6.07) is 6.44. The second kappa shape index (κ2) is 4.19. The van der Waals surface area contributed by atoms with Crippen LogP contribution in [0.4, 0.5) is 8.78 Å². The Kier molecular flexibility index (Phi) is 2.62. The average Bonchev–Trinajstić information content (AvgIpc) is 3.08. The molecule has 1 aromatic heterocycles. The molecule has 1 aliphatic carbocycles. The Labute approximate surface area is 108 Å². The maximum atomic E-state index is 13.8. The molecule has 1 fully saturated rings. The number of carbonyl (C=O) groups is 1. The molecule has 0 amide bonds. The van der Waals surface area contributed by atoms with E-state index < -0.39 is 17.6 Å². The molecule has 0 spiro atoms. The van der Waals surface area contributed by atoms with Crippen LogP contribution in [-0.2, 0) is 0 Å². The van der Waals surface area contributed by atoms with Crippen LogP contribution >= 0.6 is 0 Å². The van der Waals surface area contributed by atoms with Gasteiger partial charge in [0.15, 0.2) is 0 Å². The van der Waals surface area contributed by atoms with E-state index in [0.717, 1.165) is 18.9 Å². The molecular weight excluding hydrogens is 252 g/mol. The molecule has 0 aliphatic heterocycles. The molecule has 0 unspecified atom stereocenters. The first-order valence-electron chi connectivity index (χ1n) is 5.98. The van der Waals surface area contributed by atoms with Gasteiger partial charge in [0.1, 0.15) is 17.3 Å². The number of nitrogens with zero attached hydrogens (tertiary/aromatic N) is 1. The van der Waals surface area contributed by atoms with Crippen LogP contribution in [-0.4, -0.2) is 15.6 Å². The van der Waals surface area contributed by atoms with Gasteiger partial charge in [-0.1, -0.05) is 0 Å². The largest absolute Gasteiger partial charge is 0.477 e. The van der Waals surface area contributed by atoms with Crippen molar-refractivity contribution in [3.63, 3.8) is 0 Å². The van der Waals surface area contributed by atoms with Gasteiger partial charge in [0, 0.05) is 17.7 Å². The molecular formula is C14H11F2NO2. The predicted octanol–water partition coefficient (Wildman–Crippen LogP) is 3.47. The number of aromatic carboxylic acids is 1. The van der Waals surface area contributed by atoms with Gasteiger partial charge in [-0.15, -0.1) is 0 Å². The lowest BCUT2D eigenvalue weighted by atomic mass is 10.1. The molecule has 1 aromatic carbocycles. The topological polar surface area (TPSA) is 42.2 Å². The van der Waals surface area contributed by atoms with Crippen LogP contribution < -0.4 is 0 Å². The van der Waals surface area contributed by atoms with Gasteiger partial charge in [-0.25, -0.2) is 13.6 Å². The third-order valence-corrected chi connectivity index (χ3v) is 3.26. The smallest absolute Gasteiger partial charge is 0.352 e. The first-order valence-corrected chi connectivity index (χ1v) is 5.98. The highest BCUT2D eigenvalue weighted by Crippen LogP contribution is 2.41. The molecule has 1 heterocycles. The normalized spacial score (nSPS) is 14.6. The lowest BCUT2D eigenvalue weighted by Gasteiger charge is -2.11. The molecule has 3 rings (SSSR count). The van der Waals surface area contributed by atoms with E-state index >= 15 is 0 Å². The zero-order valence-corrected chi connectivity index (χ0v) is 9.94. The van der Waals surface area contributed by atoms with E-state index in [1.807, 2.05) is 0 Å². The Bertz CT molecular complexity index is 659. The van der Waals surface area contributed by atoms with Gasteiger partial charge >= 0.3 is 5.97 Å². The Morgan fingerprint density at radius 2 is 1.95 bits per heavy atom. The molecule has 2 aromatic rings. The Morgan fingerprint density at radius 1 is 1.21 bits per heavy atom. The van der Waals surface area contributed by atoms with Crippen molar-refractivity contribution in [2.75, 3.05) is 0 Å². The summed E-state index contributed by atoms with van der Waals surface area (Å²) in [6.45, 7) is 0. The fourth-order valence-corrected chi connectivity index (χ4v) is 2.27. The molecule has 1 saturated carbocycles. The van der Waals surface area contributed by atoms with Gasteiger partial charge in [0.2, 0.25) is 0 Å². The van der Waals surface area contributed by atoms with E-state index in [9.17, 15) is 13.6 Å². The molecule has 5 heteroatoms. The second-order valence-electron chi connectivity index (χ2n) is 4.63. The zero-order chi connectivity index (χ0) is 13.6. The van der Waals surface area contributed by atoms with Crippen molar-refractivity contribution < 1.29 is 18.7 Å². The number of carboxylic acid groups (broad SMARTS) is 1. The summed E-state index contributed by atoms with van der Waals surface area (Å²) >= 11 is 0. The monoisotopic (exact) mass is 263 g/mol. The van der Waals surface area contributed by atoms with Crippen LogP contribution in [0.15, 0.2) is 30.3 Å². The summed E-state index contributed by atoms with van der Waals surface area (Å²) in [4.78, 5) is 11.2. The third-order valence-electron chi connectivity index (χ3n) is 3.26. The quantitative estimate of drug-likeness (QED) is 0.921. The van der Waals surface area contributed by atoms with Gasteiger partial charge < -0.3 is 9.67 Å². The van der Waals surface area contributed by atoms with Crippen molar-refractivity contribution in [2.45, 2.75) is 18.9 Å². The first-order chi connectivity index (χ1) is 9.08. The zero-order valence-electron chi connectivity index (χ0n) is 9.94. The minimum Gasteiger partial charge on any atom is -0.477 e. The SMILES string of the molecule is O=C(O)c1ccc(-c2ccc(F)cc2F)n1C1CC1. The highest BCUT2D eigenvalue weighted by atomic mass is 19.1. The molecule has 0 saturated heterocycles. The summed E-state index contributed by atoms with van der Waals surface area (Å²) in [5.74, 6) is -2.37. The highest BCUT2D eigenvalue weighted by molar-refractivity contribution is 5.87. The Balaban J connectivity index is 2.17. The summed E-state index contributed by atoms with van der Waals surface area (Å²) in [5.41, 5.74) is 0.847. The van der Waals surface area contributed by atoms with E-state index in [-0.39, 0.29) is 17.3 Å². The van der Waals surface area contributed by atoms with Gasteiger partial charge in [-0.2, -0.15) is 0 Å². The van der Waals surface area contributed by atoms with Crippen LogP contribution in [0, 0.1) is 11.6 Å². The van der Waals surface area contributed by atoms with Crippen LogP contribution in [0.2, 0.25) is 0 Å². The number of hydrogen-bond acceptors (Lipinski definition) is 1. The lowest BCUT2D eigenvalue weighted by molar-refractivity contribution is 0.0685. The first kappa shape index (κ1) is 11.9. The fraction of sp³-hybridized carbons (Fsp3) is 0.214. The summed E-state index contributed by atoms with van der Waals surface area (Å²) in [7, 11) is 0.